The van der Waals surface area contributed by atoms with Crippen LogP contribution in [-0.4, -0.2) is 23.3 Å². The molecule has 1 N–H and O–H groups in total. The third-order valence-electron chi connectivity index (χ3n) is 9.03. The minimum absolute atomic E-state index is 0.0709. The molecule has 24 heavy (non-hydrogen) atoms. The lowest BCUT2D eigenvalue weighted by Crippen LogP contribution is -2.54. The fraction of sp³-hybridized carbons (Fsp3) is 0.905. The molecule has 0 amide bonds. The highest BCUT2D eigenvalue weighted by Gasteiger charge is 2.60. The monoisotopic (exact) mass is 332 g/mol. The van der Waals surface area contributed by atoms with Gasteiger partial charge in [0.1, 0.15) is 12.4 Å². The molecule has 0 unspecified atom stereocenters. The fourth-order valence-electron chi connectivity index (χ4n) is 7.68. The lowest BCUT2D eigenvalue weighted by Gasteiger charge is -2.60. The molecule has 0 aromatic heterocycles. The van der Waals surface area contributed by atoms with E-state index in [0.717, 1.165) is 50.4 Å². The van der Waals surface area contributed by atoms with Crippen LogP contribution in [0, 0.1) is 40.4 Å². The van der Waals surface area contributed by atoms with Crippen molar-refractivity contribution in [2.45, 2.75) is 71.6 Å². The van der Waals surface area contributed by atoms with Crippen molar-refractivity contribution >= 4 is 11.6 Å². The highest BCUT2D eigenvalue weighted by Crippen LogP contribution is 2.67. The molecule has 0 heterocycles. The second-order valence-corrected chi connectivity index (χ2v) is 9.70. The Balaban J connectivity index is 1.61. The number of aliphatic hydroxyl groups is 1. The van der Waals surface area contributed by atoms with Gasteiger partial charge in [0.25, 0.3) is 0 Å². The van der Waals surface area contributed by atoms with Gasteiger partial charge in [-0.3, -0.25) is 9.59 Å². The van der Waals surface area contributed by atoms with E-state index in [-0.39, 0.29) is 23.7 Å². The largest absolute Gasteiger partial charge is 0.389 e. The van der Waals surface area contributed by atoms with E-state index in [1.807, 2.05) is 0 Å². The van der Waals surface area contributed by atoms with Crippen LogP contribution in [0.25, 0.3) is 0 Å². The number of carbonyl (C=O) groups excluding carboxylic acids is 2. The molecule has 4 fully saturated rings. The van der Waals surface area contributed by atoms with E-state index < -0.39 is 0 Å². The topological polar surface area (TPSA) is 54.4 Å². The van der Waals surface area contributed by atoms with Crippen molar-refractivity contribution in [1.82, 2.24) is 0 Å². The zero-order valence-electron chi connectivity index (χ0n) is 15.2. The molecule has 0 radical (unpaired) electrons. The third-order valence-corrected chi connectivity index (χ3v) is 9.03. The van der Waals surface area contributed by atoms with Crippen LogP contribution in [0.4, 0.5) is 0 Å². The Morgan fingerprint density at radius 2 is 1.79 bits per heavy atom. The van der Waals surface area contributed by atoms with Gasteiger partial charge in [-0.1, -0.05) is 13.8 Å². The number of hydrogen-bond donors (Lipinski definition) is 1. The Hall–Kier alpha value is -0.700. The fourth-order valence-corrected chi connectivity index (χ4v) is 7.68. The first-order chi connectivity index (χ1) is 11.4. The van der Waals surface area contributed by atoms with Crippen molar-refractivity contribution in [2.75, 3.05) is 6.61 Å². The number of aliphatic hydroxyl groups excluding tert-OH is 1. The normalized spacial score (nSPS) is 50.8. The van der Waals surface area contributed by atoms with Crippen molar-refractivity contribution in [3.05, 3.63) is 0 Å². The molecule has 0 saturated heterocycles. The summed E-state index contributed by atoms with van der Waals surface area (Å²) in [7, 11) is 0. The van der Waals surface area contributed by atoms with Gasteiger partial charge in [0.2, 0.25) is 0 Å². The van der Waals surface area contributed by atoms with Gasteiger partial charge >= 0.3 is 0 Å². The van der Waals surface area contributed by atoms with Gasteiger partial charge in [-0.2, -0.15) is 0 Å². The lowest BCUT2D eigenvalue weighted by molar-refractivity contribution is -0.144. The van der Waals surface area contributed by atoms with Crippen molar-refractivity contribution in [1.29, 1.82) is 0 Å². The molecule has 3 nitrogen and oxygen atoms in total. The lowest BCUT2D eigenvalue weighted by atomic mass is 9.44. The molecular weight excluding hydrogens is 300 g/mol. The van der Waals surface area contributed by atoms with E-state index in [1.165, 1.54) is 19.3 Å². The maximum atomic E-state index is 12.3. The Morgan fingerprint density at radius 1 is 1.04 bits per heavy atom. The van der Waals surface area contributed by atoms with Gasteiger partial charge in [-0.05, 0) is 79.4 Å². The molecule has 0 aliphatic heterocycles. The Labute approximate surface area is 145 Å². The highest BCUT2D eigenvalue weighted by molar-refractivity contribution is 5.83. The van der Waals surface area contributed by atoms with E-state index >= 15 is 0 Å². The van der Waals surface area contributed by atoms with Crippen LogP contribution in [0.1, 0.15) is 71.6 Å². The predicted octanol–water partition coefficient (Wildman–Crippen LogP) is 3.78. The quantitative estimate of drug-likeness (QED) is 0.837. The maximum Gasteiger partial charge on any atom is 0.161 e. The van der Waals surface area contributed by atoms with Crippen LogP contribution in [0.2, 0.25) is 0 Å². The van der Waals surface area contributed by atoms with Crippen LogP contribution in [0.15, 0.2) is 0 Å². The van der Waals surface area contributed by atoms with E-state index in [9.17, 15) is 14.7 Å². The molecule has 0 aromatic rings. The summed E-state index contributed by atoms with van der Waals surface area (Å²) in [5, 5.41) is 9.37. The van der Waals surface area contributed by atoms with E-state index in [2.05, 4.69) is 13.8 Å². The van der Waals surface area contributed by atoms with Crippen LogP contribution >= 0.6 is 0 Å². The third kappa shape index (κ3) is 2.19. The van der Waals surface area contributed by atoms with Crippen molar-refractivity contribution in [3.8, 4) is 0 Å². The predicted molar refractivity (Wildman–Crippen MR) is 92.3 cm³/mol. The Bertz CT molecular complexity index is 555. The summed E-state index contributed by atoms with van der Waals surface area (Å²) in [5.74, 6) is 3.34. The minimum atomic E-state index is -0.289. The SMILES string of the molecule is C[C@]12CCC(=O)C[C@H]1CC[C@H]1[C@H]2CC[C@@]2(C)[C@@H]1CC[C@H]2C(=O)CO. The van der Waals surface area contributed by atoms with Crippen LogP contribution in [0.5, 0.6) is 0 Å². The van der Waals surface area contributed by atoms with Crippen LogP contribution in [-0.2, 0) is 9.59 Å². The molecule has 4 rings (SSSR count). The van der Waals surface area contributed by atoms with Crippen molar-refractivity contribution in [3.63, 3.8) is 0 Å². The standard InChI is InChI=1S/C21H32O3/c1-20-9-7-14(23)11-13(20)3-4-15-16-5-6-18(19(24)12-22)21(16,2)10-8-17(15)20/h13,15-18,22H,3-12H2,1-2H3/t13-,15-,16-,17-,18+,20+,21+/m1/s1. The summed E-state index contributed by atoms with van der Waals surface area (Å²) >= 11 is 0. The number of carbonyl (C=O) groups is 2. The zero-order chi connectivity index (χ0) is 17.1. The first-order valence-corrected chi connectivity index (χ1v) is 10.1. The Morgan fingerprint density at radius 3 is 2.54 bits per heavy atom. The first-order valence-electron chi connectivity index (χ1n) is 10.1. The second kappa shape index (κ2) is 5.65. The van der Waals surface area contributed by atoms with Gasteiger partial charge in [-0.25, -0.2) is 0 Å². The molecular formula is C21H32O3. The first kappa shape index (κ1) is 16.8. The van der Waals surface area contributed by atoms with E-state index in [0.29, 0.717) is 23.0 Å². The highest BCUT2D eigenvalue weighted by atomic mass is 16.3. The minimum Gasteiger partial charge on any atom is -0.389 e. The average molecular weight is 332 g/mol. The molecule has 0 bridgehead atoms. The maximum absolute atomic E-state index is 12.3. The molecule has 0 aromatic carbocycles. The summed E-state index contributed by atoms with van der Waals surface area (Å²) in [6.45, 7) is 4.51. The smallest absolute Gasteiger partial charge is 0.161 e. The summed E-state index contributed by atoms with van der Waals surface area (Å²) in [6, 6.07) is 0. The summed E-state index contributed by atoms with van der Waals surface area (Å²) < 4.78 is 0. The number of ketones is 2. The molecule has 4 saturated carbocycles. The molecule has 4 aliphatic rings. The summed E-state index contributed by atoms with van der Waals surface area (Å²) in [6.07, 6.45) is 9.61. The number of fused-ring (bicyclic) bond motifs is 5. The number of rotatable bonds is 2. The van der Waals surface area contributed by atoms with Gasteiger partial charge in [0.05, 0.1) is 0 Å². The van der Waals surface area contributed by atoms with Crippen LogP contribution < -0.4 is 0 Å². The summed E-state index contributed by atoms with van der Waals surface area (Å²) in [5.41, 5.74) is 0.450. The van der Waals surface area contributed by atoms with Gasteiger partial charge in [-0.15, -0.1) is 0 Å². The second-order valence-electron chi connectivity index (χ2n) is 9.70. The van der Waals surface area contributed by atoms with E-state index in [4.69, 9.17) is 0 Å². The number of hydrogen-bond acceptors (Lipinski definition) is 3. The molecule has 0 spiro atoms. The molecule has 4 aliphatic carbocycles. The van der Waals surface area contributed by atoms with Crippen molar-refractivity contribution < 1.29 is 14.7 Å². The summed E-state index contributed by atoms with van der Waals surface area (Å²) in [4.78, 5) is 24.2. The van der Waals surface area contributed by atoms with E-state index in [1.54, 1.807) is 0 Å². The molecule has 3 heteroatoms. The Kier molecular flexibility index (Phi) is 3.95. The molecule has 7 atom stereocenters. The van der Waals surface area contributed by atoms with Gasteiger partial charge in [0.15, 0.2) is 5.78 Å². The average Bonchev–Trinajstić information content (AvgIpc) is 2.92. The van der Waals surface area contributed by atoms with Gasteiger partial charge < -0.3 is 5.11 Å². The van der Waals surface area contributed by atoms with Crippen LogP contribution in [0.3, 0.4) is 0 Å². The van der Waals surface area contributed by atoms with Crippen molar-refractivity contribution in [2.24, 2.45) is 40.4 Å². The molecule has 134 valence electrons. The van der Waals surface area contributed by atoms with Gasteiger partial charge in [0, 0.05) is 18.8 Å². The zero-order valence-corrected chi connectivity index (χ0v) is 15.2. The number of Topliss-reactive ketones (excluding diaryl/α,β-unsaturated/α-hetero) is 2.